The molecule has 0 aromatic carbocycles. The smallest absolute Gasteiger partial charge is 0.0579 e. The molecule has 1 fully saturated rings. The lowest BCUT2D eigenvalue weighted by Crippen LogP contribution is -2.41. The topological polar surface area (TPSA) is 12.5 Å². The third-order valence-electron chi connectivity index (χ3n) is 3.46. The maximum absolute atomic E-state index is 5.90. The summed E-state index contributed by atoms with van der Waals surface area (Å²) in [5.74, 6) is 0. The Balaban J connectivity index is 2.31. The normalized spacial score (nSPS) is 26.8. The van der Waals surface area contributed by atoms with Crippen molar-refractivity contribution in [1.29, 1.82) is 0 Å². The summed E-state index contributed by atoms with van der Waals surface area (Å²) in [5.41, 5.74) is 0.403. The van der Waals surface area contributed by atoms with Gasteiger partial charge in [-0.1, -0.05) is 20.8 Å². The third-order valence-corrected chi connectivity index (χ3v) is 3.46. The highest BCUT2D eigenvalue weighted by molar-refractivity contribution is 4.81. The summed E-state index contributed by atoms with van der Waals surface area (Å²) < 4.78 is 5.90. The second-order valence-electron chi connectivity index (χ2n) is 7.09. The summed E-state index contributed by atoms with van der Waals surface area (Å²) in [6.07, 6.45) is 5.95. The van der Waals surface area contributed by atoms with Gasteiger partial charge in [-0.05, 0) is 52.0 Å². The molecule has 0 bridgehead atoms. The fourth-order valence-electron chi connectivity index (χ4n) is 2.88. The molecule has 0 saturated heterocycles. The van der Waals surface area contributed by atoms with Crippen LogP contribution >= 0.6 is 0 Å². The van der Waals surface area contributed by atoms with E-state index < -0.39 is 0 Å². The molecule has 0 atom stereocenters. The molecule has 0 aromatic rings. The predicted octanol–water partition coefficient (Wildman–Crippen LogP) is 3.70. The van der Waals surface area contributed by atoms with Crippen molar-refractivity contribution in [2.75, 3.05) is 13.6 Å². The van der Waals surface area contributed by atoms with Crippen molar-refractivity contribution in [2.45, 2.75) is 78.6 Å². The molecule has 1 aliphatic carbocycles. The first-order chi connectivity index (χ1) is 7.78. The SMILES string of the molecule is CC(C)OC1CCC(N(C)CC(C)(C)C)CC1. The van der Waals surface area contributed by atoms with Crippen LogP contribution in [-0.4, -0.2) is 36.7 Å². The van der Waals surface area contributed by atoms with E-state index in [4.69, 9.17) is 4.74 Å². The highest BCUT2D eigenvalue weighted by atomic mass is 16.5. The van der Waals surface area contributed by atoms with Crippen molar-refractivity contribution in [3.05, 3.63) is 0 Å². The molecule has 0 aliphatic heterocycles. The van der Waals surface area contributed by atoms with Crippen LogP contribution in [0.4, 0.5) is 0 Å². The fourth-order valence-corrected chi connectivity index (χ4v) is 2.88. The number of hydrogen-bond acceptors (Lipinski definition) is 2. The number of hydrogen-bond donors (Lipinski definition) is 0. The summed E-state index contributed by atoms with van der Waals surface area (Å²) >= 11 is 0. The van der Waals surface area contributed by atoms with Gasteiger partial charge in [-0.3, -0.25) is 0 Å². The van der Waals surface area contributed by atoms with Gasteiger partial charge in [-0.25, -0.2) is 0 Å². The molecule has 2 nitrogen and oxygen atoms in total. The molecule has 1 aliphatic rings. The van der Waals surface area contributed by atoms with Gasteiger partial charge in [-0.15, -0.1) is 0 Å². The first-order valence-corrected chi connectivity index (χ1v) is 7.13. The molecule has 17 heavy (non-hydrogen) atoms. The maximum atomic E-state index is 5.90. The van der Waals surface area contributed by atoms with Crippen molar-refractivity contribution >= 4 is 0 Å². The molecule has 0 spiro atoms. The Labute approximate surface area is 108 Å². The Morgan fingerprint density at radius 3 is 2.06 bits per heavy atom. The van der Waals surface area contributed by atoms with Gasteiger partial charge in [0.05, 0.1) is 12.2 Å². The minimum absolute atomic E-state index is 0.379. The van der Waals surface area contributed by atoms with Crippen LogP contribution < -0.4 is 0 Å². The number of rotatable bonds is 4. The fraction of sp³-hybridized carbons (Fsp3) is 1.00. The van der Waals surface area contributed by atoms with Crippen LogP contribution in [0.25, 0.3) is 0 Å². The van der Waals surface area contributed by atoms with Crippen LogP contribution in [0.5, 0.6) is 0 Å². The predicted molar refractivity (Wildman–Crippen MR) is 74.4 cm³/mol. The highest BCUT2D eigenvalue weighted by Crippen LogP contribution is 2.27. The first-order valence-electron chi connectivity index (χ1n) is 7.13. The van der Waals surface area contributed by atoms with E-state index in [-0.39, 0.29) is 0 Å². The zero-order valence-corrected chi connectivity index (χ0v) is 12.6. The van der Waals surface area contributed by atoms with Crippen molar-refractivity contribution in [3.63, 3.8) is 0 Å². The Morgan fingerprint density at radius 1 is 1.12 bits per heavy atom. The van der Waals surface area contributed by atoms with Gasteiger partial charge < -0.3 is 9.64 Å². The largest absolute Gasteiger partial charge is 0.376 e. The van der Waals surface area contributed by atoms with Crippen LogP contribution in [-0.2, 0) is 4.74 Å². The van der Waals surface area contributed by atoms with Crippen LogP contribution in [0, 0.1) is 5.41 Å². The van der Waals surface area contributed by atoms with Crippen LogP contribution in [0.15, 0.2) is 0 Å². The molecule has 0 radical (unpaired) electrons. The van der Waals surface area contributed by atoms with E-state index in [2.05, 4.69) is 46.6 Å². The monoisotopic (exact) mass is 241 g/mol. The Morgan fingerprint density at radius 2 is 1.65 bits per heavy atom. The molecule has 102 valence electrons. The minimum atomic E-state index is 0.379. The van der Waals surface area contributed by atoms with Gasteiger partial charge in [0.15, 0.2) is 0 Å². The lowest BCUT2D eigenvalue weighted by Gasteiger charge is -2.38. The maximum Gasteiger partial charge on any atom is 0.0579 e. The van der Waals surface area contributed by atoms with Crippen LogP contribution in [0.2, 0.25) is 0 Å². The van der Waals surface area contributed by atoms with Gasteiger partial charge in [0.25, 0.3) is 0 Å². The summed E-state index contributed by atoms with van der Waals surface area (Å²) in [4.78, 5) is 2.55. The van der Waals surface area contributed by atoms with Crippen LogP contribution in [0.3, 0.4) is 0 Å². The van der Waals surface area contributed by atoms with Gasteiger partial charge in [-0.2, -0.15) is 0 Å². The van der Waals surface area contributed by atoms with E-state index in [9.17, 15) is 0 Å². The molecular weight excluding hydrogens is 210 g/mol. The second-order valence-corrected chi connectivity index (χ2v) is 7.09. The summed E-state index contributed by atoms with van der Waals surface area (Å²) in [6.45, 7) is 12.4. The van der Waals surface area contributed by atoms with Gasteiger partial charge in [0.1, 0.15) is 0 Å². The van der Waals surface area contributed by atoms with Crippen molar-refractivity contribution in [2.24, 2.45) is 5.41 Å². The van der Waals surface area contributed by atoms with Crippen LogP contribution in [0.1, 0.15) is 60.3 Å². The number of ether oxygens (including phenoxy) is 1. The third kappa shape index (κ3) is 5.87. The summed E-state index contributed by atoms with van der Waals surface area (Å²) in [5, 5.41) is 0. The van der Waals surface area contributed by atoms with E-state index in [0.29, 0.717) is 17.6 Å². The van der Waals surface area contributed by atoms with E-state index in [1.54, 1.807) is 0 Å². The van der Waals surface area contributed by atoms with E-state index >= 15 is 0 Å². The van der Waals surface area contributed by atoms with Crippen molar-refractivity contribution < 1.29 is 4.74 Å². The van der Waals surface area contributed by atoms with E-state index in [0.717, 1.165) is 6.04 Å². The molecule has 0 N–H and O–H groups in total. The minimum Gasteiger partial charge on any atom is -0.376 e. The molecule has 2 heteroatoms. The average Bonchev–Trinajstić information content (AvgIpc) is 2.15. The van der Waals surface area contributed by atoms with Gasteiger partial charge >= 0.3 is 0 Å². The molecular formula is C15H31NO. The first kappa shape index (κ1) is 15.0. The molecule has 1 rings (SSSR count). The van der Waals surface area contributed by atoms with Crippen molar-refractivity contribution in [3.8, 4) is 0 Å². The summed E-state index contributed by atoms with van der Waals surface area (Å²) in [6, 6.07) is 0.765. The Bertz CT molecular complexity index is 211. The van der Waals surface area contributed by atoms with E-state index in [1.165, 1.54) is 32.2 Å². The molecule has 1 saturated carbocycles. The molecule has 0 amide bonds. The molecule has 0 heterocycles. The summed E-state index contributed by atoms with van der Waals surface area (Å²) in [7, 11) is 2.28. The lowest BCUT2D eigenvalue weighted by molar-refractivity contribution is -0.0260. The molecule has 0 aromatic heterocycles. The standard InChI is InChI=1S/C15H31NO/c1-12(2)17-14-9-7-13(8-10-14)16(6)11-15(3,4)5/h12-14H,7-11H2,1-6H3. The zero-order chi connectivity index (χ0) is 13.1. The van der Waals surface area contributed by atoms with Gasteiger partial charge in [0.2, 0.25) is 0 Å². The number of nitrogens with zero attached hydrogens (tertiary/aromatic N) is 1. The lowest BCUT2D eigenvalue weighted by atomic mass is 9.89. The average molecular weight is 241 g/mol. The van der Waals surface area contributed by atoms with Gasteiger partial charge in [0, 0.05) is 12.6 Å². The Kier molecular flexibility index (Phi) is 5.46. The van der Waals surface area contributed by atoms with Crippen molar-refractivity contribution in [1.82, 2.24) is 4.90 Å². The highest BCUT2D eigenvalue weighted by Gasteiger charge is 2.26. The second kappa shape index (κ2) is 6.19. The Hall–Kier alpha value is -0.0800. The quantitative estimate of drug-likeness (QED) is 0.744. The molecule has 0 unspecified atom stereocenters. The zero-order valence-electron chi connectivity index (χ0n) is 12.6. The van der Waals surface area contributed by atoms with E-state index in [1.807, 2.05) is 0 Å².